The minimum Gasteiger partial charge on any atom is -0.481 e. The Kier molecular flexibility index (Phi) is 18.9. The van der Waals surface area contributed by atoms with E-state index in [1.807, 2.05) is 0 Å². The molecule has 0 aromatic heterocycles. The Morgan fingerprint density at radius 1 is 0.885 bits per heavy atom. The van der Waals surface area contributed by atoms with E-state index >= 15 is 0 Å². The first-order valence-corrected chi connectivity index (χ1v) is 16.0. The maximum Gasteiger partial charge on any atom is 0.471 e. The van der Waals surface area contributed by atoms with E-state index in [-0.39, 0.29) is 26.1 Å². The second-order valence-electron chi connectivity index (χ2n) is 10.8. The monoisotopic (exact) mass is 760 g/mol. The topological polar surface area (TPSA) is 221 Å². The van der Waals surface area contributed by atoms with Crippen LogP contribution in [-0.2, 0) is 59.1 Å². The Balaban J connectivity index is 0.00000153. The van der Waals surface area contributed by atoms with Crippen LogP contribution < -0.4 is 10.6 Å². The van der Waals surface area contributed by atoms with Gasteiger partial charge in [-0.15, -0.1) is 0 Å². The van der Waals surface area contributed by atoms with Crippen molar-refractivity contribution in [3.63, 3.8) is 0 Å². The first-order chi connectivity index (χ1) is 24.2. The predicted molar refractivity (Wildman–Crippen MR) is 175 cm³/mol. The van der Waals surface area contributed by atoms with E-state index in [4.69, 9.17) is 38.7 Å². The highest BCUT2D eigenvalue weighted by molar-refractivity contribution is 8.01. The van der Waals surface area contributed by atoms with Gasteiger partial charge in [0.05, 0.1) is 18.7 Å². The highest BCUT2D eigenvalue weighted by atomic mass is 32.2. The van der Waals surface area contributed by atoms with Crippen molar-refractivity contribution in [1.29, 1.82) is 0 Å². The molecule has 2 aromatic rings. The van der Waals surface area contributed by atoms with Crippen molar-refractivity contribution in [1.82, 2.24) is 10.6 Å². The molecule has 0 radical (unpaired) electrons. The molecular formula is C33H39F3N2O13S. The van der Waals surface area contributed by atoms with Crippen molar-refractivity contribution in [3.8, 4) is 0 Å². The quantitative estimate of drug-likeness (QED) is 0.170. The summed E-state index contributed by atoms with van der Waals surface area (Å²) in [6.45, 7) is 2.97. The highest BCUT2D eigenvalue weighted by Crippen LogP contribution is 2.46. The van der Waals surface area contributed by atoms with Crippen LogP contribution in [0.5, 0.6) is 0 Å². The summed E-state index contributed by atoms with van der Waals surface area (Å²) in [4.78, 5) is 77.7. The number of carboxylic acid groups (broad SMARTS) is 2. The number of hydrogen-bond donors (Lipinski definition) is 4. The van der Waals surface area contributed by atoms with Crippen LogP contribution in [0.15, 0.2) is 65.6 Å². The zero-order valence-corrected chi connectivity index (χ0v) is 29.3. The van der Waals surface area contributed by atoms with E-state index in [1.165, 1.54) is 5.32 Å². The summed E-state index contributed by atoms with van der Waals surface area (Å²) in [6, 6.07) is 16.4. The van der Waals surface area contributed by atoms with Gasteiger partial charge in [-0.3, -0.25) is 28.8 Å². The Morgan fingerprint density at radius 3 is 1.92 bits per heavy atom. The van der Waals surface area contributed by atoms with Crippen LogP contribution in [0.1, 0.15) is 46.1 Å². The molecule has 2 aromatic carbocycles. The normalized spacial score (nSPS) is 18.1. The van der Waals surface area contributed by atoms with Crippen LogP contribution >= 0.6 is 11.8 Å². The summed E-state index contributed by atoms with van der Waals surface area (Å²) in [7, 11) is 0. The lowest BCUT2D eigenvalue weighted by Gasteiger charge is -2.27. The van der Waals surface area contributed by atoms with Gasteiger partial charge < -0.3 is 39.8 Å². The number of hydrogen-bond acceptors (Lipinski definition) is 12. The summed E-state index contributed by atoms with van der Waals surface area (Å²) < 4.78 is 60.1. The van der Waals surface area contributed by atoms with Crippen molar-refractivity contribution in [2.24, 2.45) is 0 Å². The maximum atomic E-state index is 13.7. The molecule has 52 heavy (non-hydrogen) atoms. The third kappa shape index (κ3) is 18.2. The average molecular weight is 761 g/mol. The molecule has 0 aliphatic carbocycles. The molecule has 4 N–H and O–H groups in total. The summed E-state index contributed by atoms with van der Waals surface area (Å²) in [5.74, 6) is -7.13. The van der Waals surface area contributed by atoms with Crippen LogP contribution in [0.25, 0.3) is 0 Å². The zero-order valence-electron chi connectivity index (χ0n) is 28.5. The third-order valence-electron chi connectivity index (χ3n) is 6.14. The number of amides is 2. The molecular weight excluding hydrogens is 721 g/mol. The third-order valence-corrected chi connectivity index (χ3v) is 7.41. The van der Waals surface area contributed by atoms with Crippen LogP contribution in [0.3, 0.4) is 0 Å². The molecule has 0 spiro atoms. The Morgan fingerprint density at radius 2 is 1.42 bits per heavy atom. The van der Waals surface area contributed by atoms with E-state index in [0.717, 1.165) is 39.5 Å². The van der Waals surface area contributed by atoms with Crippen LogP contribution in [0, 0.1) is 0 Å². The van der Waals surface area contributed by atoms with Gasteiger partial charge in [-0.25, -0.2) is 4.79 Å². The van der Waals surface area contributed by atoms with E-state index in [0.29, 0.717) is 10.5 Å². The molecule has 3 unspecified atom stereocenters. The van der Waals surface area contributed by atoms with Crippen LogP contribution in [0.4, 0.5) is 13.2 Å². The number of thioether (sulfide) groups is 1. The molecule has 4 atom stereocenters. The van der Waals surface area contributed by atoms with Crippen molar-refractivity contribution >= 4 is 53.4 Å². The van der Waals surface area contributed by atoms with Crippen molar-refractivity contribution in [2.75, 3.05) is 13.2 Å². The summed E-state index contributed by atoms with van der Waals surface area (Å²) >= 11 is 0.998. The molecule has 2 amide bonds. The van der Waals surface area contributed by atoms with E-state index in [1.54, 1.807) is 60.7 Å². The number of halogens is 3. The van der Waals surface area contributed by atoms with Gasteiger partial charge in [0.25, 0.3) is 11.9 Å². The first-order valence-electron chi connectivity index (χ1n) is 15.2. The summed E-state index contributed by atoms with van der Waals surface area (Å²) in [6.07, 6.45) is -7.75. The molecule has 1 fully saturated rings. The number of nitrogens with one attached hydrogen (secondary N) is 2. The van der Waals surface area contributed by atoms with Gasteiger partial charge in [0.15, 0.2) is 0 Å². The number of esters is 3. The predicted octanol–water partition coefficient (Wildman–Crippen LogP) is 3.24. The van der Waals surface area contributed by atoms with Gasteiger partial charge in [-0.05, 0) is 17.7 Å². The average Bonchev–Trinajstić information content (AvgIpc) is 3.37. The number of carbonyl (C=O) groups is 7. The molecule has 1 aliphatic rings. The maximum absolute atomic E-state index is 13.7. The molecule has 15 nitrogen and oxygen atoms in total. The van der Waals surface area contributed by atoms with E-state index in [9.17, 15) is 37.1 Å². The fourth-order valence-corrected chi connectivity index (χ4v) is 5.53. The molecule has 1 saturated heterocycles. The largest absolute Gasteiger partial charge is 0.481 e. The SMILES string of the molecule is CC(=O)O.CC(=O)O.CC(=O)OCC(CC1OC(Sc2ccccc2)(C(=O)OCc2ccccc2)C[C@H]1NC(=O)CNC(=O)C(F)(F)F)OC(C)=O. The Labute approximate surface area is 300 Å². The smallest absolute Gasteiger partial charge is 0.471 e. The Bertz CT molecular complexity index is 1490. The molecule has 3 rings (SSSR count). The molecule has 1 heterocycles. The lowest BCUT2D eigenvalue weighted by Crippen LogP contribution is -2.48. The Hall–Kier alpha value is -5.17. The van der Waals surface area contributed by atoms with Crippen molar-refractivity contribution in [3.05, 3.63) is 66.2 Å². The second kappa shape index (κ2) is 21.9. The lowest BCUT2D eigenvalue weighted by molar-refractivity contribution is -0.173. The van der Waals surface area contributed by atoms with Gasteiger partial charge in [0.2, 0.25) is 10.8 Å². The minimum absolute atomic E-state index is 0.103. The van der Waals surface area contributed by atoms with E-state index < -0.39 is 77.6 Å². The van der Waals surface area contributed by atoms with Crippen molar-refractivity contribution < 1.29 is 75.9 Å². The van der Waals surface area contributed by atoms with Gasteiger partial charge in [-0.2, -0.15) is 13.2 Å². The minimum atomic E-state index is -5.20. The van der Waals surface area contributed by atoms with Crippen LogP contribution in [-0.4, -0.2) is 94.4 Å². The van der Waals surface area contributed by atoms with Crippen LogP contribution in [0.2, 0.25) is 0 Å². The first kappa shape index (κ1) is 44.9. The standard InChI is InChI=1S/C29H31F3N2O9S.2C2H4O2/c1-18(35)40-17-21(42-19(2)36)13-24-23(34-25(37)15-33-26(38)29(30,31)32)14-28(43-24,44-22-11-7-4-8-12-22)27(39)41-16-20-9-5-3-6-10-20;2*1-2(3)4/h3-12,21,23-24H,13-17H2,1-2H3,(H,33,38)(H,34,37);2*1H3,(H,3,4)/t21?,23-,24?,28?;;/m1../s1. The number of alkyl halides is 3. The number of carbonyl (C=O) groups excluding carboxylic acids is 5. The molecule has 0 saturated carbocycles. The van der Waals surface area contributed by atoms with Gasteiger partial charge >= 0.3 is 30.0 Å². The molecule has 0 bridgehead atoms. The van der Waals surface area contributed by atoms with Gasteiger partial charge in [-0.1, -0.05) is 60.3 Å². The number of carboxylic acids is 2. The summed E-state index contributed by atoms with van der Waals surface area (Å²) in [5, 5.41) is 18.8. The fraction of sp³-hybridized carbons (Fsp3) is 0.424. The van der Waals surface area contributed by atoms with Gasteiger partial charge in [0, 0.05) is 45.4 Å². The number of aliphatic carboxylic acids is 2. The van der Waals surface area contributed by atoms with Crippen molar-refractivity contribution in [2.45, 2.75) is 81.4 Å². The summed E-state index contributed by atoms with van der Waals surface area (Å²) in [5.41, 5.74) is 0.692. The fourth-order valence-electron chi connectivity index (χ4n) is 4.28. The van der Waals surface area contributed by atoms with E-state index in [2.05, 4.69) is 5.32 Å². The van der Waals surface area contributed by atoms with Gasteiger partial charge in [0.1, 0.15) is 19.3 Å². The zero-order chi connectivity index (χ0) is 39.5. The number of ether oxygens (including phenoxy) is 4. The second-order valence-corrected chi connectivity index (χ2v) is 12.1. The lowest BCUT2D eigenvalue weighted by atomic mass is 10.0. The molecule has 1 aliphatic heterocycles. The number of benzene rings is 2. The molecule has 19 heteroatoms. The molecule has 286 valence electrons. The number of rotatable bonds is 13. The highest BCUT2D eigenvalue weighted by Gasteiger charge is 2.55.